The number of hydrogen-bond donors (Lipinski definition) is 4. The molecular formula is C15H17F3N8O2. The van der Waals surface area contributed by atoms with Gasteiger partial charge in [0.1, 0.15) is 11.5 Å². The summed E-state index contributed by atoms with van der Waals surface area (Å²) in [5.74, 6) is -0.580. The molecular weight excluding hydrogens is 381 g/mol. The molecule has 0 unspecified atom stereocenters. The Labute approximate surface area is 157 Å². The van der Waals surface area contributed by atoms with Crippen LogP contribution in [0.3, 0.4) is 0 Å². The van der Waals surface area contributed by atoms with Crippen LogP contribution in [0.15, 0.2) is 18.5 Å². The smallest absolute Gasteiger partial charge is 0.380 e. The van der Waals surface area contributed by atoms with Crippen molar-refractivity contribution in [1.29, 1.82) is 0 Å². The molecule has 2 aromatic heterocycles. The van der Waals surface area contributed by atoms with Crippen molar-refractivity contribution < 1.29 is 22.7 Å². The van der Waals surface area contributed by atoms with Gasteiger partial charge in [0.25, 0.3) is 5.91 Å². The summed E-state index contributed by atoms with van der Waals surface area (Å²) in [5, 5.41) is 15.3. The van der Waals surface area contributed by atoms with Gasteiger partial charge in [-0.25, -0.2) is 9.97 Å². The fourth-order valence-electron chi connectivity index (χ4n) is 2.42. The number of anilines is 3. The highest BCUT2D eigenvalue weighted by Gasteiger charge is 2.36. The minimum atomic E-state index is -4.68. The Kier molecular flexibility index (Phi) is 5.84. The maximum absolute atomic E-state index is 13.2. The van der Waals surface area contributed by atoms with Crippen LogP contribution in [0.5, 0.6) is 0 Å². The van der Waals surface area contributed by atoms with E-state index in [4.69, 9.17) is 10.5 Å². The van der Waals surface area contributed by atoms with E-state index in [1.54, 1.807) is 0 Å². The summed E-state index contributed by atoms with van der Waals surface area (Å²) in [6.07, 6.45) is -2.61. The molecule has 0 saturated carbocycles. The van der Waals surface area contributed by atoms with Crippen LogP contribution in [0.4, 0.5) is 30.5 Å². The van der Waals surface area contributed by atoms with E-state index in [1.807, 2.05) is 0 Å². The van der Waals surface area contributed by atoms with Crippen LogP contribution in [-0.4, -0.2) is 58.4 Å². The number of nitrogens with zero attached hydrogens (tertiary/aromatic N) is 4. The van der Waals surface area contributed by atoms with Crippen molar-refractivity contribution in [2.24, 2.45) is 5.73 Å². The maximum atomic E-state index is 13.2. The standard InChI is InChI=1S/C15H17F3N8O2/c16-15(17,18)13-9(21-5-8-4-20-1-2-28-8)3-11(25-26-13)24-12-7-22-10(6-23-12)14(19)27/h3,6-8,20H,1-2,4-5H2,(H2,19,27)(H2,21,23,24,25)/t8-/m0/s1. The molecule has 0 aromatic carbocycles. The van der Waals surface area contributed by atoms with Crippen molar-refractivity contribution in [2.45, 2.75) is 12.3 Å². The summed E-state index contributed by atoms with van der Waals surface area (Å²) in [4.78, 5) is 18.7. The molecule has 3 rings (SSSR count). The van der Waals surface area contributed by atoms with Crippen molar-refractivity contribution in [2.75, 3.05) is 36.9 Å². The highest BCUT2D eigenvalue weighted by molar-refractivity contribution is 5.90. The third-order valence-corrected chi connectivity index (χ3v) is 3.75. The average Bonchev–Trinajstić information content (AvgIpc) is 2.67. The van der Waals surface area contributed by atoms with E-state index >= 15 is 0 Å². The molecule has 1 aliphatic heterocycles. The molecule has 28 heavy (non-hydrogen) atoms. The number of rotatable bonds is 6. The Balaban J connectivity index is 1.77. The van der Waals surface area contributed by atoms with E-state index < -0.39 is 17.8 Å². The van der Waals surface area contributed by atoms with Gasteiger partial charge in [-0.1, -0.05) is 0 Å². The van der Waals surface area contributed by atoms with Gasteiger partial charge in [0.05, 0.1) is 30.8 Å². The molecule has 0 spiro atoms. The number of halogens is 3. The van der Waals surface area contributed by atoms with Gasteiger partial charge in [-0.15, -0.1) is 10.2 Å². The number of nitrogens with one attached hydrogen (secondary N) is 3. The molecule has 13 heteroatoms. The number of primary amides is 1. The van der Waals surface area contributed by atoms with Crippen LogP contribution < -0.4 is 21.7 Å². The van der Waals surface area contributed by atoms with E-state index in [-0.39, 0.29) is 35.7 Å². The molecule has 1 aliphatic rings. The third kappa shape index (κ3) is 5.01. The number of carbonyl (C=O) groups excluding carboxylic acids is 1. The molecule has 1 amide bonds. The van der Waals surface area contributed by atoms with E-state index in [1.165, 1.54) is 6.20 Å². The number of nitrogens with two attached hydrogens (primary N) is 1. The number of ether oxygens (including phenoxy) is 1. The molecule has 2 aromatic rings. The zero-order valence-electron chi connectivity index (χ0n) is 14.5. The molecule has 0 radical (unpaired) electrons. The summed E-state index contributed by atoms with van der Waals surface area (Å²) in [7, 11) is 0. The Bertz CT molecular complexity index is 825. The number of morpholine rings is 1. The van der Waals surface area contributed by atoms with Gasteiger partial charge in [0.15, 0.2) is 11.5 Å². The topological polar surface area (TPSA) is 140 Å². The fourth-order valence-corrected chi connectivity index (χ4v) is 2.42. The zero-order valence-corrected chi connectivity index (χ0v) is 14.5. The summed E-state index contributed by atoms with van der Waals surface area (Å²) in [6.45, 7) is 1.87. The number of amides is 1. The molecule has 150 valence electrons. The largest absolute Gasteiger partial charge is 0.437 e. The molecule has 0 bridgehead atoms. The average molecular weight is 398 g/mol. The van der Waals surface area contributed by atoms with Gasteiger partial charge in [0.2, 0.25) is 0 Å². The summed E-state index contributed by atoms with van der Waals surface area (Å²) < 4.78 is 45.1. The Morgan fingerprint density at radius 3 is 2.71 bits per heavy atom. The lowest BCUT2D eigenvalue weighted by molar-refractivity contribution is -0.141. The van der Waals surface area contributed by atoms with E-state index in [0.717, 1.165) is 12.3 Å². The number of aromatic nitrogens is 4. The first-order valence-electron chi connectivity index (χ1n) is 8.23. The first kappa shape index (κ1) is 19.7. The lowest BCUT2D eigenvalue weighted by Gasteiger charge is -2.24. The van der Waals surface area contributed by atoms with Crippen LogP contribution in [-0.2, 0) is 10.9 Å². The second-order valence-electron chi connectivity index (χ2n) is 5.84. The minimum Gasteiger partial charge on any atom is -0.380 e. The molecule has 1 fully saturated rings. The molecule has 1 saturated heterocycles. The van der Waals surface area contributed by atoms with Crippen molar-refractivity contribution in [3.05, 3.63) is 29.8 Å². The number of alkyl halides is 3. The van der Waals surface area contributed by atoms with Crippen molar-refractivity contribution in [3.63, 3.8) is 0 Å². The summed E-state index contributed by atoms with van der Waals surface area (Å²) in [6, 6.07) is 1.16. The summed E-state index contributed by atoms with van der Waals surface area (Å²) >= 11 is 0. The molecule has 0 aliphatic carbocycles. The van der Waals surface area contributed by atoms with E-state index in [9.17, 15) is 18.0 Å². The minimum absolute atomic E-state index is 0.0133. The SMILES string of the molecule is NC(=O)c1cnc(Nc2cc(NC[C@@H]3CNCCO3)c(C(F)(F)F)nn2)cn1. The number of hydrogen-bond acceptors (Lipinski definition) is 9. The van der Waals surface area contributed by atoms with Gasteiger partial charge in [0, 0.05) is 25.7 Å². The van der Waals surface area contributed by atoms with Gasteiger partial charge >= 0.3 is 6.18 Å². The van der Waals surface area contributed by atoms with Crippen LogP contribution in [0.25, 0.3) is 0 Å². The number of carbonyl (C=O) groups is 1. The van der Waals surface area contributed by atoms with Crippen LogP contribution in [0.2, 0.25) is 0 Å². The van der Waals surface area contributed by atoms with Crippen molar-refractivity contribution in [1.82, 2.24) is 25.5 Å². The highest BCUT2D eigenvalue weighted by Crippen LogP contribution is 2.34. The predicted octanol–water partition coefficient (Wildman–Crippen LogP) is 0.528. The van der Waals surface area contributed by atoms with E-state index in [0.29, 0.717) is 19.7 Å². The Morgan fingerprint density at radius 1 is 1.29 bits per heavy atom. The highest BCUT2D eigenvalue weighted by atomic mass is 19.4. The first-order valence-corrected chi connectivity index (χ1v) is 8.23. The quantitative estimate of drug-likeness (QED) is 0.548. The fraction of sp³-hybridized carbons (Fsp3) is 0.400. The summed E-state index contributed by atoms with van der Waals surface area (Å²) in [5.41, 5.74) is 3.64. The van der Waals surface area contributed by atoms with E-state index in [2.05, 4.69) is 36.1 Å². The van der Waals surface area contributed by atoms with Crippen LogP contribution >= 0.6 is 0 Å². The monoisotopic (exact) mass is 398 g/mol. The van der Waals surface area contributed by atoms with Gasteiger partial charge < -0.3 is 26.4 Å². The third-order valence-electron chi connectivity index (χ3n) is 3.75. The second-order valence-corrected chi connectivity index (χ2v) is 5.84. The molecule has 3 heterocycles. The zero-order chi connectivity index (χ0) is 20.1. The molecule has 10 nitrogen and oxygen atoms in total. The maximum Gasteiger partial charge on any atom is 0.437 e. The van der Waals surface area contributed by atoms with Crippen LogP contribution in [0.1, 0.15) is 16.2 Å². The molecule has 5 N–H and O–H groups in total. The second kappa shape index (κ2) is 8.31. The lowest BCUT2D eigenvalue weighted by atomic mass is 10.2. The normalized spacial score (nSPS) is 17.2. The Hall–Kier alpha value is -3.06. The predicted molar refractivity (Wildman–Crippen MR) is 92.0 cm³/mol. The van der Waals surface area contributed by atoms with Crippen molar-refractivity contribution in [3.8, 4) is 0 Å². The lowest BCUT2D eigenvalue weighted by Crippen LogP contribution is -2.42. The van der Waals surface area contributed by atoms with Gasteiger partial charge in [-0.2, -0.15) is 13.2 Å². The first-order chi connectivity index (χ1) is 13.3. The van der Waals surface area contributed by atoms with Gasteiger partial charge in [-0.05, 0) is 0 Å². The van der Waals surface area contributed by atoms with Gasteiger partial charge in [-0.3, -0.25) is 4.79 Å². The molecule has 1 atom stereocenters. The Morgan fingerprint density at radius 2 is 2.11 bits per heavy atom. The van der Waals surface area contributed by atoms with Crippen molar-refractivity contribution >= 4 is 23.2 Å². The van der Waals surface area contributed by atoms with Crippen LogP contribution in [0, 0.1) is 0 Å².